The number of benzene rings is 1. The maximum atomic E-state index is 13.1. The van der Waals surface area contributed by atoms with Crippen molar-refractivity contribution in [2.75, 3.05) is 10.8 Å². The van der Waals surface area contributed by atoms with E-state index >= 15 is 0 Å². The van der Waals surface area contributed by atoms with Gasteiger partial charge < -0.3 is 5.32 Å². The van der Waals surface area contributed by atoms with Crippen molar-refractivity contribution in [3.05, 3.63) is 44.1 Å². The molecular formula is C17H18Cl2N2O3S2. The van der Waals surface area contributed by atoms with Crippen molar-refractivity contribution in [2.24, 2.45) is 0 Å². The quantitative estimate of drug-likeness (QED) is 0.781. The van der Waals surface area contributed by atoms with Gasteiger partial charge in [0, 0.05) is 18.2 Å². The summed E-state index contributed by atoms with van der Waals surface area (Å²) in [5.74, 6) is -0.201. The molecular weight excluding hydrogens is 415 g/mol. The molecule has 3 rings (SSSR count). The van der Waals surface area contributed by atoms with Crippen LogP contribution in [0.15, 0.2) is 29.2 Å². The van der Waals surface area contributed by atoms with Crippen LogP contribution in [0.25, 0.3) is 0 Å². The van der Waals surface area contributed by atoms with E-state index < -0.39 is 10.0 Å². The molecule has 0 bridgehead atoms. The number of hydrogen-bond donors (Lipinski definition) is 1. The second-order valence-corrected chi connectivity index (χ2v) is 10.4. The van der Waals surface area contributed by atoms with E-state index in [1.165, 1.54) is 10.4 Å². The Balaban J connectivity index is 2.07. The molecule has 9 heteroatoms. The molecule has 0 saturated carbocycles. The molecule has 0 atom stereocenters. The van der Waals surface area contributed by atoms with Crippen LogP contribution in [0.4, 0.5) is 5.69 Å². The van der Waals surface area contributed by atoms with Gasteiger partial charge in [0.15, 0.2) is 0 Å². The summed E-state index contributed by atoms with van der Waals surface area (Å²) < 4.78 is 28.0. The summed E-state index contributed by atoms with van der Waals surface area (Å²) in [6.45, 7) is 4.09. The number of amides is 1. The molecule has 140 valence electrons. The van der Waals surface area contributed by atoms with Crippen molar-refractivity contribution in [1.82, 2.24) is 5.32 Å². The molecule has 1 amide bonds. The first-order valence-electron chi connectivity index (χ1n) is 8.12. The molecule has 1 aromatic heterocycles. The van der Waals surface area contributed by atoms with E-state index in [1.54, 1.807) is 18.2 Å². The number of carbonyl (C=O) groups is 1. The largest absolute Gasteiger partial charge is 0.350 e. The summed E-state index contributed by atoms with van der Waals surface area (Å²) >= 11 is 13.0. The number of anilines is 1. The second-order valence-electron chi connectivity index (χ2n) is 6.30. The summed E-state index contributed by atoms with van der Waals surface area (Å²) in [5.41, 5.74) is 1.76. The Bertz CT molecular complexity index is 955. The van der Waals surface area contributed by atoms with Crippen molar-refractivity contribution in [2.45, 2.75) is 37.6 Å². The highest BCUT2D eigenvalue weighted by molar-refractivity contribution is 7.93. The Morgan fingerprint density at radius 1 is 1.31 bits per heavy atom. The zero-order valence-electron chi connectivity index (χ0n) is 14.3. The van der Waals surface area contributed by atoms with Gasteiger partial charge in [0.1, 0.15) is 9.23 Å². The number of hydrogen-bond acceptors (Lipinski definition) is 4. The van der Waals surface area contributed by atoms with Gasteiger partial charge >= 0.3 is 0 Å². The van der Waals surface area contributed by atoms with Crippen molar-refractivity contribution < 1.29 is 13.2 Å². The fourth-order valence-corrected chi connectivity index (χ4v) is 6.66. The van der Waals surface area contributed by atoms with Crippen LogP contribution in [-0.2, 0) is 16.4 Å². The van der Waals surface area contributed by atoms with Crippen molar-refractivity contribution >= 4 is 56.2 Å². The van der Waals surface area contributed by atoms with E-state index in [0.29, 0.717) is 35.0 Å². The number of rotatable bonds is 4. The lowest BCUT2D eigenvalue weighted by Crippen LogP contribution is -2.37. The summed E-state index contributed by atoms with van der Waals surface area (Å²) in [7, 11) is -3.86. The molecule has 1 aliphatic heterocycles. The van der Waals surface area contributed by atoms with Crippen LogP contribution < -0.4 is 9.62 Å². The van der Waals surface area contributed by atoms with Crippen LogP contribution in [0, 0.1) is 0 Å². The summed E-state index contributed by atoms with van der Waals surface area (Å²) in [6.07, 6.45) is 1.26. The van der Waals surface area contributed by atoms with Gasteiger partial charge in [-0.1, -0.05) is 29.3 Å². The summed E-state index contributed by atoms with van der Waals surface area (Å²) in [6, 6.07) is 6.51. The molecule has 2 heterocycles. The molecule has 2 aromatic rings. The number of halogens is 2. The maximum Gasteiger partial charge on any atom is 0.266 e. The number of sulfonamides is 1. The number of carbonyl (C=O) groups excluding carboxylic acids is 1. The molecule has 0 saturated heterocycles. The van der Waals surface area contributed by atoms with E-state index in [2.05, 4.69) is 5.32 Å². The minimum Gasteiger partial charge on any atom is -0.350 e. The summed E-state index contributed by atoms with van der Waals surface area (Å²) in [5, 5.41) is 2.86. The van der Waals surface area contributed by atoms with Crippen LogP contribution in [-0.4, -0.2) is 26.9 Å². The van der Waals surface area contributed by atoms with Gasteiger partial charge in [-0.25, -0.2) is 8.42 Å². The third kappa shape index (κ3) is 3.58. The predicted octanol–water partition coefficient (Wildman–Crippen LogP) is 4.33. The number of nitrogens with one attached hydrogen (secondary N) is 1. The normalized spacial score (nSPS) is 14.4. The third-order valence-corrected chi connectivity index (χ3v) is 7.63. The van der Waals surface area contributed by atoms with Gasteiger partial charge in [0.05, 0.1) is 10.0 Å². The molecule has 1 aromatic carbocycles. The van der Waals surface area contributed by atoms with E-state index in [9.17, 15) is 13.2 Å². The number of nitrogens with zero attached hydrogens (tertiary/aromatic N) is 1. The van der Waals surface area contributed by atoms with Gasteiger partial charge in [0.2, 0.25) is 0 Å². The van der Waals surface area contributed by atoms with Gasteiger partial charge in [-0.2, -0.15) is 0 Å². The lowest BCUT2D eigenvalue weighted by Gasteiger charge is -2.31. The van der Waals surface area contributed by atoms with Crippen LogP contribution in [0.1, 0.15) is 36.2 Å². The standard InChI is InChI=1S/C17H18Cl2N2O3S2/c1-10(2)20-17(22)12-5-3-7-13-11(12)6-4-8-21(13)26(23,24)14-9-15(18)25-16(14)19/h3,5,7,9-10H,4,6,8H2,1-2H3,(H,20,22). The van der Waals surface area contributed by atoms with Gasteiger partial charge in [-0.3, -0.25) is 9.10 Å². The van der Waals surface area contributed by atoms with Crippen LogP contribution in [0.5, 0.6) is 0 Å². The lowest BCUT2D eigenvalue weighted by atomic mass is 9.97. The minimum atomic E-state index is -3.86. The first-order valence-corrected chi connectivity index (χ1v) is 11.1. The van der Waals surface area contributed by atoms with E-state index in [1.807, 2.05) is 13.8 Å². The Kier molecular flexibility index (Phi) is 5.53. The second kappa shape index (κ2) is 7.38. The molecule has 1 N–H and O–H groups in total. The average Bonchev–Trinajstić information content (AvgIpc) is 2.92. The van der Waals surface area contributed by atoms with Crippen LogP contribution in [0.2, 0.25) is 8.67 Å². The SMILES string of the molecule is CC(C)NC(=O)c1cccc2c1CCCN2S(=O)(=O)c1cc(Cl)sc1Cl. The fraction of sp³-hybridized carbons (Fsp3) is 0.353. The first-order chi connectivity index (χ1) is 12.2. The zero-order valence-corrected chi connectivity index (χ0v) is 17.4. The smallest absolute Gasteiger partial charge is 0.266 e. The summed E-state index contributed by atoms with van der Waals surface area (Å²) in [4.78, 5) is 12.5. The molecule has 0 unspecified atom stereocenters. The van der Waals surface area contributed by atoms with Crippen LogP contribution >= 0.6 is 34.5 Å². The van der Waals surface area contributed by atoms with Crippen molar-refractivity contribution in [3.8, 4) is 0 Å². The highest BCUT2D eigenvalue weighted by atomic mass is 35.5. The maximum absolute atomic E-state index is 13.1. The Hall–Kier alpha value is -1.28. The average molecular weight is 433 g/mol. The zero-order chi connectivity index (χ0) is 19.1. The van der Waals surface area contributed by atoms with Gasteiger partial charge in [-0.15, -0.1) is 11.3 Å². The fourth-order valence-electron chi connectivity index (χ4n) is 3.01. The number of thiophene rings is 1. The van der Waals surface area contributed by atoms with Crippen molar-refractivity contribution in [3.63, 3.8) is 0 Å². The Morgan fingerprint density at radius 2 is 2.04 bits per heavy atom. The van der Waals surface area contributed by atoms with Crippen LogP contribution in [0.3, 0.4) is 0 Å². The minimum absolute atomic E-state index is 0.000878. The van der Waals surface area contributed by atoms with Gasteiger partial charge in [0.25, 0.3) is 15.9 Å². The number of fused-ring (bicyclic) bond motifs is 1. The first kappa shape index (κ1) is 19.5. The molecule has 0 fully saturated rings. The Morgan fingerprint density at radius 3 is 2.65 bits per heavy atom. The molecule has 0 radical (unpaired) electrons. The monoisotopic (exact) mass is 432 g/mol. The van der Waals surface area contributed by atoms with E-state index in [-0.39, 0.29) is 21.2 Å². The highest BCUT2D eigenvalue weighted by Gasteiger charge is 2.33. The third-order valence-electron chi connectivity index (χ3n) is 4.07. The topological polar surface area (TPSA) is 66.5 Å². The Labute approximate surface area is 167 Å². The molecule has 26 heavy (non-hydrogen) atoms. The molecule has 1 aliphatic rings. The molecule has 5 nitrogen and oxygen atoms in total. The van der Waals surface area contributed by atoms with Gasteiger partial charge in [-0.05, 0) is 50.5 Å². The molecule has 0 spiro atoms. The van der Waals surface area contributed by atoms with Crippen molar-refractivity contribution in [1.29, 1.82) is 0 Å². The predicted molar refractivity (Wildman–Crippen MR) is 106 cm³/mol. The van der Waals surface area contributed by atoms with E-state index in [4.69, 9.17) is 23.2 Å². The lowest BCUT2D eigenvalue weighted by molar-refractivity contribution is 0.0942. The molecule has 0 aliphatic carbocycles. The highest BCUT2D eigenvalue weighted by Crippen LogP contribution is 2.39. The van der Waals surface area contributed by atoms with E-state index in [0.717, 1.165) is 16.9 Å².